The predicted molar refractivity (Wildman–Crippen MR) is 76.5 cm³/mol. The Balaban J connectivity index is 1.87. The molecule has 5 nitrogen and oxygen atoms in total. The van der Waals surface area contributed by atoms with E-state index in [1.807, 2.05) is 24.3 Å². The van der Waals surface area contributed by atoms with E-state index < -0.39 is 5.97 Å². The first-order valence-electron chi connectivity index (χ1n) is 6.05. The zero-order chi connectivity index (χ0) is 14.8. The first-order valence-corrected chi connectivity index (χ1v) is 6.87. The third-order valence-electron chi connectivity index (χ3n) is 2.88. The summed E-state index contributed by atoms with van der Waals surface area (Å²) in [6, 6.07) is 12.4. The third-order valence-corrected chi connectivity index (χ3v) is 3.93. The van der Waals surface area contributed by atoms with Crippen LogP contribution >= 0.6 is 11.3 Å². The smallest absolute Gasteiger partial charge is 0.345 e. The van der Waals surface area contributed by atoms with Crippen LogP contribution in [-0.2, 0) is 6.61 Å². The average molecular weight is 299 g/mol. The number of thiophene rings is 1. The van der Waals surface area contributed by atoms with Crippen LogP contribution in [0.5, 0.6) is 5.75 Å². The zero-order valence-corrected chi connectivity index (χ0v) is 11.5. The van der Waals surface area contributed by atoms with Crippen molar-refractivity contribution in [1.29, 1.82) is 5.26 Å². The number of hydrogen-bond acceptors (Lipinski definition) is 5. The monoisotopic (exact) mass is 299 g/mol. The average Bonchev–Trinajstić information content (AvgIpc) is 3.09. The van der Waals surface area contributed by atoms with Gasteiger partial charge in [0.2, 0.25) is 5.76 Å². The first-order chi connectivity index (χ1) is 10.2. The standard InChI is InChI=1S/C15H9NO4S/c16-7-12-14(10-3-1-2-4-11(10)20-12)19-8-9-5-6-13(21-9)15(17)18/h1-6H,8H2,(H,17,18). The molecule has 2 aromatic heterocycles. The van der Waals surface area contributed by atoms with E-state index in [4.69, 9.17) is 19.5 Å². The molecule has 3 aromatic rings. The van der Waals surface area contributed by atoms with E-state index in [1.165, 1.54) is 6.07 Å². The van der Waals surface area contributed by atoms with Gasteiger partial charge in [0.15, 0.2) is 5.75 Å². The number of carboxylic acids is 1. The fraction of sp³-hybridized carbons (Fsp3) is 0.0667. The maximum atomic E-state index is 10.8. The Kier molecular flexibility index (Phi) is 3.34. The highest BCUT2D eigenvalue weighted by Crippen LogP contribution is 2.33. The summed E-state index contributed by atoms with van der Waals surface area (Å²) >= 11 is 1.14. The Morgan fingerprint density at radius 1 is 1.33 bits per heavy atom. The second-order valence-corrected chi connectivity index (χ2v) is 5.40. The molecule has 0 aliphatic rings. The highest BCUT2D eigenvalue weighted by molar-refractivity contribution is 7.13. The van der Waals surface area contributed by atoms with E-state index in [2.05, 4.69) is 0 Å². The molecule has 1 N–H and O–H groups in total. The van der Waals surface area contributed by atoms with Crippen LogP contribution in [0.1, 0.15) is 20.3 Å². The second-order valence-electron chi connectivity index (χ2n) is 4.23. The van der Waals surface area contributed by atoms with Crippen LogP contribution in [0.15, 0.2) is 40.8 Å². The van der Waals surface area contributed by atoms with Crippen LogP contribution in [0.25, 0.3) is 11.0 Å². The van der Waals surface area contributed by atoms with E-state index in [0.29, 0.717) is 11.3 Å². The summed E-state index contributed by atoms with van der Waals surface area (Å²) in [5.41, 5.74) is 0.585. The van der Waals surface area contributed by atoms with Gasteiger partial charge in [0, 0.05) is 4.88 Å². The van der Waals surface area contributed by atoms with Gasteiger partial charge in [0.25, 0.3) is 0 Å². The Morgan fingerprint density at radius 3 is 2.86 bits per heavy atom. The van der Waals surface area contributed by atoms with Gasteiger partial charge < -0.3 is 14.3 Å². The molecule has 3 rings (SSSR count). The molecule has 0 spiro atoms. The number of carboxylic acid groups (broad SMARTS) is 1. The van der Waals surface area contributed by atoms with Crippen molar-refractivity contribution in [2.75, 3.05) is 0 Å². The van der Waals surface area contributed by atoms with Gasteiger partial charge in [-0.3, -0.25) is 0 Å². The van der Waals surface area contributed by atoms with E-state index in [-0.39, 0.29) is 17.2 Å². The van der Waals surface area contributed by atoms with Gasteiger partial charge in [0.1, 0.15) is 23.1 Å². The molecular weight excluding hydrogens is 290 g/mol. The van der Waals surface area contributed by atoms with Crippen LogP contribution < -0.4 is 4.74 Å². The largest absolute Gasteiger partial charge is 0.483 e. The normalized spacial score (nSPS) is 10.4. The van der Waals surface area contributed by atoms with Crippen molar-refractivity contribution in [3.8, 4) is 11.8 Å². The van der Waals surface area contributed by atoms with Gasteiger partial charge >= 0.3 is 5.97 Å². The van der Waals surface area contributed by atoms with Crippen LogP contribution in [0.3, 0.4) is 0 Å². The number of rotatable bonds is 4. The molecule has 0 aliphatic heterocycles. The Bertz CT molecular complexity index is 856. The zero-order valence-electron chi connectivity index (χ0n) is 10.7. The number of benzene rings is 1. The lowest BCUT2D eigenvalue weighted by Crippen LogP contribution is -1.94. The fourth-order valence-electron chi connectivity index (χ4n) is 1.95. The summed E-state index contributed by atoms with van der Waals surface area (Å²) in [7, 11) is 0. The van der Waals surface area contributed by atoms with Crippen molar-refractivity contribution in [2.24, 2.45) is 0 Å². The molecule has 2 heterocycles. The maximum absolute atomic E-state index is 10.8. The van der Waals surface area contributed by atoms with Crippen molar-refractivity contribution >= 4 is 28.3 Å². The van der Waals surface area contributed by atoms with Crippen molar-refractivity contribution < 1.29 is 19.1 Å². The molecule has 0 aliphatic carbocycles. The van der Waals surface area contributed by atoms with Crippen molar-refractivity contribution in [1.82, 2.24) is 0 Å². The van der Waals surface area contributed by atoms with Gasteiger partial charge in [-0.05, 0) is 24.3 Å². The Labute approximate surface area is 123 Å². The van der Waals surface area contributed by atoms with Crippen molar-refractivity contribution in [3.05, 3.63) is 51.9 Å². The summed E-state index contributed by atoms with van der Waals surface area (Å²) < 4.78 is 11.1. The minimum Gasteiger partial charge on any atom is -0.483 e. The minimum atomic E-state index is -0.960. The number of aromatic carboxylic acids is 1. The van der Waals surface area contributed by atoms with Crippen molar-refractivity contribution in [2.45, 2.75) is 6.61 Å². The number of hydrogen-bond donors (Lipinski definition) is 1. The molecule has 0 atom stereocenters. The number of nitriles is 1. The van der Waals surface area contributed by atoms with E-state index in [0.717, 1.165) is 21.6 Å². The van der Waals surface area contributed by atoms with Crippen LogP contribution in [0.4, 0.5) is 0 Å². The lowest BCUT2D eigenvalue weighted by atomic mass is 10.2. The molecule has 104 valence electrons. The molecule has 0 saturated carbocycles. The summed E-state index contributed by atoms with van der Waals surface area (Å²) in [5, 5.41) is 18.7. The van der Waals surface area contributed by atoms with E-state index >= 15 is 0 Å². The summed E-state index contributed by atoms with van der Waals surface area (Å²) in [5.74, 6) is -0.456. The number of para-hydroxylation sites is 1. The van der Waals surface area contributed by atoms with Gasteiger partial charge in [0.05, 0.1) is 5.39 Å². The fourth-order valence-corrected chi connectivity index (χ4v) is 2.71. The van der Waals surface area contributed by atoms with Gasteiger partial charge in [-0.25, -0.2) is 4.79 Å². The first kappa shape index (κ1) is 13.2. The SMILES string of the molecule is N#Cc1oc2ccccc2c1OCc1ccc(C(=O)O)s1. The molecule has 6 heteroatoms. The molecular formula is C15H9NO4S. The molecule has 0 radical (unpaired) electrons. The van der Waals surface area contributed by atoms with Crippen LogP contribution in [0, 0.1) is 11.3 Å². The minimum absolute atomic E-state index is 0.117. The van der Waals surface area contributed by atoms with Gasteiger partial charge in [-0.15, -0.1) is 11.3 Å². The van der Waals surface area contributed by atoms with Crippen LogP contribution in [-0.4, -0.2) is 11.1 Å². The number of fused-ring (bicyclic) bond motifs is 1. The van der Waals surface area contributed by atoms with Gasteiger partial charge in [-0.1, -0.05) is 12.1 Å². The molecule has 0 bridgehead atoms. The molecule has 0 unspecified atom stereocenters. The summed E-state index contributed by atoms with van der Waals surface area (Å²) in [4.78, 5) is 11.9. The molecule has 0 amide bonds. The highest BCUT2D eigenvalue weighted by Gasteiger charge is 2.16. The molecule has 0 saturated heterocycles. The van der Waals surface area contributed by atoms with E-state index in [1.54, 1.807) is 12.1 Å². The van der Waals surface area contributed by atoms with Crippen LogP contribution in [0.2, 0.25) is 0 Å². The molecule has 1 aromatic carbocycles. The topological polar surface area (TPSA) is 83.5 Å². The van der Waals surface area contributed by atoms with E-state index in [9.17, 15) is 4.79 Å². The quantitative estimate of drug-likeness (QED) is 0.795. The summed E-state index contributed by atoms with van der Waals surface area (Å²) in [6.45, 7) is 0.191. The van der Waals surface area contributed by atoms with Crippen molar-refractivity contribution in [3.63, 3.8) is 0 Å². The maximum Gasteiger partial charge on any atom is 0.345 e. The third kappa shape index (κ3) is 2.47. The molecule has 21 heavy (non-hydrogen) atoms. The number of ether oxygens (including phenoxy) is 1. The number of carbonyl (C=O) groups is 1. The number of nitrogens with zero attached hydrogens (tertiary/aromatic N) is 1. The number of furan rings is 1. The lowest BCUT2D eigenvalue weighted by molar-refractivity contribution is 0.0702. The Hall–Kier alpha value is -2.78. The summed E-state index contributed by atoms with van der Waals surface area (Å²) in [6.07, 6.45) is 0. The second kappa shape index (κ2) is 5.31. The Morgan fingerprint density at radius 2 is 2.14 bits per heavy atom. The predicted octanol–water partition coefficient (Wildman–Crippen LogP) is 3.64. The molecule has 0 fully saturated rings. The van der Waals surface area contributed by atoms with Gasteiger partial charge in [-0.2, -0.15) is 5.26 Å². The highest BCUT2D eigenvalue weighted by atomic mass is 32.1. The lowest BCUT2D eigenvalue weighted by Gasteiger charge is -2.02.